The highest BCUT2D eigenvalue weighted by atomic mass is 16.2. The van der Waals surface area contributed by atoms with Gasteiger partial charge >= 0.3 is 0 Å². The minimum Gasteiger partial charge on any atom is -0.352 e. The molecule has 1 N–H and O–H groups in total. The first kappa shape index (κ1) is 18.1. The number of amides is 2. The molecule has 1 aromatic carbocycles. The number of piperazine rings is 1. The largest absolute Gasteiger partial charge is 0.352 e. The van der Waals surface area contributed by atoms with E-state index < -0.39 is 5.54 Å². The monoisotopic (exact) mass is 356 g/mol. The third-order valence-electron chi connectivity index (χ3n) is 5.22. The van der Waals surface area contributed by atoms with Gasteiger partial charge in [-0.25, -0.2) is 4.98 Å². The third-order valence-corrected chi connectivity index (χ3v) is 5.22. The number of carbonyl (C=O) groups excluding carboxylic acids is 2. The minimum atomic E-state index is -0.795. The molecule has 0 spiro atoms. The molecule has 2 heterocycles. The Kier molecular flexibility index (Phi) is 5.06. The van der Waals surface area contributed by atoms with Crippen LogP contribution in [0.15, 0.2) is 35.4 Å². The average molecular weight is 356 g/mol. The molecule has 0 radical (unpaired) electrons. The highest BCUT2D eigenvalue weighted by molar-refractivity contribution is 5.92. The Balaban J connectivity index is 1.66. The second-order valence-electron chi connectivity index (χ2n) is 6.79. The molecule has 1 aromatic heterocycles. The zero-order valence-corrected chi connectivity index (χ0v) is 15.2. The number of aromatic nitrogens is 2. The quantitative estimate of drug-likeness (QED) is 0.875. The summed E-state index contributed by atoms with van der Waals surface area (Å²) in [5.41, 5.74) is -0.224. The van der Waals surface area contributed by atoms with Crippen LogP contribution in [0.1, 0.15) is 33.1 Å². The molecule has 3 rings (SSSR count). The summed E-state index contributed by atoms with van der Waals surface area (Å²) < 4.78 is 1.54. The lowest BCUT2D eigenvalue weighted by atomic mass is 9.92. The maximum absolute atomic E-state index is 12.6. The predicted octanol–water partition coefficient (Wildman–Crippen LogP) is 1.30. The summed E-state index contributed by atoms with van der Waals surface area (Å²) >= 11 is 0. The Bertz CT molecular complexity index is 892. The van der Waals surface area contributed by atoms with Gasteiger partial charge in [-0.3, -0.25) is 19.0 Å². The van der Waals surface area contributed by atoms with E-state index in [1.165, 1.54) is 10.9 Å². The van der Waals surface area contributed by atoms with Crippen molar-refractivity contribution in [3.63, 3.8) is 0 Å². The molecule has 0 aliphatic carbocycles. The van der Waals surface area contributed by atoms with Crippen LogP contribution in [0.5, 0.6) is 0 Å². The van der Waals surface area contributed by atoms with E-state index in [0.717, 1.165) is 0 Å². The van der Waals surface area contributed by atoms with Crippen molar-refractivity contribution >= 4 is 22.7 Å². The summed E-state index contributed by atoms with van der Waals surface area (Å²) in [7, 11) is 0. The third kappa shape index (κ3) is 3.21. The van der Waals surface area contributed by atoms with E-state index in [-0.39, 0.29) is 17.4 Å². The number of nitrogens with zero attached hydrogens (tertiary/aromatic N) is 3. The number of para-hydroxylation sites is 1. The predicted molar refractivity (Wildman–Crippen MR) is 98.7 cm³/mol. The lowest BCUT2D eigenvalue weighted by Crippen LogP contribution is -2.64. The molecule has 2 aromatic rings. The van der Waals surface area contributed by atoms with E-state index in [0.29, 0.717) is 49.8 Å². The Morgan fingerprint density at radius 1 is 1.31 bits per heavy atom. The standard InChI is InChI=1S/C19H24N4O3/c1-3-19(2)18(26)20-10-12-23(19)16(24)9-6-11-22-13-21-15-8-5-4-7-14(15)17(22)25/h4-5,7-8,13H,3,6,9-12H2,1-2H3,(H,20,26)/t19-/m0/s1. The summed E-state index contributed by atoms with van der Waals surface area (Å²) in [6, 6.07) is 7.21. The fraction of sp³-hybridized carbons (Fsp3) is 0.474. The fourth-order valence-electron chi connectivity index (χ4n) is 3.39. The van der Waals surface area contributed by atoms with Crippen molar-refractivity contribution in [1.82, 2.24) is 19.8 Å². The van der Waals surface area contributed by atoms with Gasteiger partial charge in [-0.15, -0.1) is 0 Å². The zero-order chi connectivity index (χ0) is 18.7. The van der Waals surface area contributed by atoms with Gasteiger partial charge in [0.05, 0.1) is 17.2 Å². The molecule has 1 aliphatic heterocycles. The van der Waals surface area contributed by atoms with Crippen molar-refractivity contribution in [2.45, 2.75) is 45.2 Å². The molecule has 0 bridgehead atoms. The summed E-state index contributed by atoms with van der Waals surface area (Å²) in [4.78, 5) is 43.3. The first-order valence-corrected chi connectivity index (χ1v) is 9.00. The second kappa shape index (κ2) is 7.27. The minimum absolute atomic E-state index is 0.0500. The summed E-state index contributed by atoms with van der Waals surface area (Å²) in [6.45, 7) is 5.13. The Labute approximate surface area is 152 Å². The van der Waals surface area contributed by atoms with Crippen molar-refractivity contribution in [2.75, 3.05) is 13.1 Å². The zero-order valence-electron chi connectivity index (χ0n) is 15.2. The number of rotatable bonds is 5. The topological polar surface area (TPSA) is 84.3 Å². The van der Waals surface area contributed by atoms with Gasteiger partial charge in [-0.1, -0.05) is 19.1 Å². The van der Waals surface area contributed by atoms with Crippen LogP contribution < -0.4 is 10.9 Å². The Morgan fingerprint density at radius 2 is 2.08 bits per heavy atom. The summed E-state index contributed by atoms with van der Waals surface area (Å²) in [5, 5.41) is 3.40. The number of aryl methyl sites for hydroxylation is 1. The number of hydrogen-bond acceptors (Lipinski definition) is 4. The second-order valence-corrected chi connectivity index (χ2v) is 6.79. The van der Waals surface area contributed by atoms with Gasteiger partial charge in [0.15, 0.2) is 0 Å². The van der Waals surface area contributed by atoms with E-state index >= 15 is 0 Å². The van der Waals surface area contributed by atoms with Crippen molar-refractivity contribution in [1.29, 1.82) is 0 Å². The van der Waals surface area contributed by atoms with Crippen molar-refractivity contribution in [2.24, 2.45) is 0 Å². The van der Waals surface area contributed by atoms with Gasteiger partial charge in [0.25, 0.3) is 5.56 Å². The molecule has 0 unspecified atom stereocenters. The van der Waals surface area contributed by atoms with E-state index in [9.17, 15) is 14.4 Å². The molecule has 1 fully saturated rings. The molecule has 2 amide bonds. The lowest BCUT2D eigenvalue weighted by molar-refractivity contribution is -0.150. The highest BCUT2D eigenvalue weighted by Gasteiger charge is 2.42. The van der Waals surface area contributed by atoms with Crippen molar-refractivity contribution in [3.8, 4) is 0 Å². The highest BCUT2D eigenvalue weighted by Crippen LogP contribution is 2.23. The van der Waals surface area contributed by atoms with Gasteiger partial charge in [-0.05, 0) is 31.9 Å². The molecule has 7 nitrogen and oxygen atoms in total. The fourth-order valence-corrected chi connectivity index (χ4v) is 3.39. The van der Waals surface area contributed by atoms with Gasteiger partial charge < -0.3 is 10.2 Å². The molecule has 1 atom stereocenters. The smallest absolute Gasteiger partial charge is 0.261 e. The number of fused-ring (bicyclic) bond motifs is 1. The number of carbonyl (C=O) groups is 2. The molecular weight excluding hydrogens is 332 g/mol. The van der Waals surface area contributed by atoms with Gasteiger partial charge in [-0.2, -0.15) is 0 Å². The van der Waals surface area contributed by atoms with Gasteiger partial charge in [0.2, 0.25) is 11.8 Å². The summed E-state index contributed by atoms with van der Waals surface area (Å²) in [6.07, 6.45) is 2.91. The molecule has 1 saturated heterocycles. The normalized spacial score (nSPS) is 20.2. The van der Waals surface area contributed by atoms with Crippen LogP contribution >= 0.6 is 0 Å². The summed E-state index contributed by atoms with van der Waals surface area (Å²) in [5.74, 6) is -0.152. The van der Waals surface area contributed by atoms with E-state index in [4.69, 9.17) is 0 Å². The van der Waals surface area contributed by atoms with Crippen LogP contribution in [0, 0.1) is 0 Å². The first-order valence-electron chi connectivity index (χ1n) is 9.00. The SMILES string of the molecule is CC[C@@]1(C)C(=O)NCCN1C(=O)CCCn1cnc2ccccc2c1=O. The average Bonchev–Trinajstić information content (AvgIpc) is 2.66. The number of nitrogens with one attached hydrogen (secondary N) is 1. The van der Waals surface area contributed by atoms with Gasteiger partial charge in [0, 0.05) is 26.1 Å². The molecule has 138 valence electrons. The van der Waals surface area contributed by atoms with E-state index in [1.807, 2.05) is 19.1 Å². The molecule has 1 aliphatic rings. The lowest BCUT2D eigenvalue weighted by Gasteiger charge is -2.43. The number of hydrogen-bond donors (Lipinski definition) is 1. The first-order chi connectivity index (χ1) is 12.5. The van der Waals surface area contributed by atoms with Crippen LogP contribution in [0.3, 0.4) is 0 Å². The van der Waals surface area contributed by atoms with Crippen molar-refractivity contribution < 1.29 is 9.59 Å². The number of benzene rings is 1. The van der Waals surface area contributed by atoms with Crippen LogP contribution in [0.2, 0.25) is 0 Å². The van der Waals surface area contributed by atoms with Crippen molar-refractivity contribution in [3.05, 3.63) is 40.9 Å². The Morgan fingerprint density at radius 3 is 2.85 bits per heavy atom. The molecule has 7 heteroatoms. The van der Waals surface area contributed by atoms with Crippen LogP contribution in [-0.2, 0) is 16.1 Å². The molecule has 26 heavy (non-hydrogen) atoms. The van der Waals surface area contributed by atoms with Crippen LogP contribution in [0.4, 0.5) is 0 Å². The maximum atomic E-state index is 12.6. The van der Waals surface area contributed by atoms with E-state index in [1.54, 1.807) is 24.0 Å². The molecular formula is C19H24N4O3. The Hall–Kier alpha value is -2.70. The van der Waals surface area contributed by atoms with E-state index in [2.05, 4.69) is 10.3 Å². The van der Waals surface area contributed by atoms with Crippen LogP contribution in [0.25, 0.3) is 10.9 Å². The maximum Gasteiger partial charge on any atom is 0.261 e. The molecule has 0 saturated carbocycles. The van der Waals surface area contributed by atoms with Gasteiger partial charge in [0.1, 0.15) is 5.54 Å². The van der Waals surface area contributed by atoms with Crippen LogP contribution in [-0.4, -0.2) is 44.9 Å².